The van der Waals surface area contributed by atoms with Crippen molar-refractivity contribution in [2.24, 2.45) is 5.73 Å². The van der Waals surface area contributed by atoms with Crippen molar-refractivity contribution in [3.8, 4) is 0 Å². The number of amides is 4. The van der Waals surface area contributed by atoms with Gasteiger partial charge in [-0.1, -0.05) is 44.0 Å². The highest BCUT2D eigenvalue weighted by Gasteiger charge is 2.44. The van der Waals surface area contributed by atoms with Crippen molar-refractivity contribution < 1.29 is 23.9 Å². The average molecular weight is 533 g/mol. The molecule has 0 fully saturated rings. The van der Waals surface area contributed by atoms with Crippen molar-refractivity contribution in [3.63, 3.8) is 0 Å². The van der Waals surface area contributed by atoms with Crippen LogP contribution in [0.15, 0.2) is 18.2 Å². The van der Waals surface area contributed by atoms with Gasteiger partial charge in [0.25, 0.3) is 0 Å². The molecule has 1 aromatic rings. The van der Waals surface area contributed by atoms with Gasteiger partial charge in [-0.3, -0.25) is 14.4 Å². The molecule has 3 atom stereocenters. The Morgan fingerprint density at radius 1 is 1.03 bits per heavy atom. The lowest BCUT2D eigenvalue weighted by molar-refractivity contribution is -0.150. The van der Waals surface area contributed by atoms with Gasteiger partial charge in [-0.25, -0.2) is 4.79 Å². The van der Waals surface area contributed by atoms with Crippen LogP contribution in [-0.2, 0) is 19.1 Å². The monoisotopic (exact) mass is 532 g/mol. The zero-order valence-electron chi connectivity index (χ0n) is 24.9. The number of carbonyl (C=O) groups is 4. The highest BCUT2D eigenvalue weighted by Crippen LogP contribution is 2.34. The number of aryl methyl sites for hydroxylation is 2. The van der Waals surface area contributed by atoms with Crippen molar-refractivity contribution in [1.82, 2.24) is 15.5 Å². The van der Waals surface area contributed by atoms with E-state index in [0.29, 0.717) is 12.0 Å². The van der Waals surface area contributed by atoms with Gasteiger partial charge in [0.05, 0.1) is 6.42 Å². The molecule has 0 spiro atoms. The summed E-state index contributed by atoms with van der Waals surface area (Å²) in [6.07, 6.45) is 0.880. The maximum atomic E-state index is 14.3. The molecule has 0 heterocycles. The maximum Gasteiger partial charge on any atom is 0.408 e. The third-order valence-corrected chi connectivity index (χ3v) is 6.49. The number of alkyl carbamates (subject to hydrolysis) is 1. The van der Waals surface area contributed by atoms with Gasteiger partial charge in [-0.05, 0) is 79.4 Å². The topological polar surface area (TPSA) is 131 Å². The Morgan fingerprint density at radius 2 is 1.63 bits per heavy atom. The first-order valence-corrected chi connectivity index (χ1v) is 13.4. The van der Waals surface area contributed by atoms with Crippen LogP contribution in [0.25, 0.3) is 0 Å². The summed E-state index contributed by atoms with van der Waals surface area (Å²) in [6.45, 7) is 18.6. The summed E-state index contributed by atoms with van der Waals surface area (Å²) in [5, 5.41) is 5.59. The first-order valence-electron chi connectivity index (χ1n) is 13.4. The van der Waals surface area contributed by atoms with E-state index in [0.717, 1.165) is 24.0 Å². The molecule has 0 bridgehead atoms. The van der Waals surface area contributed by atoms with Gasteiger partial charge >= 0.3 is 6.09 Å². The second-order valence-electron chi connectivity index (χ2n) is 11.7. The van der Waals surface area contributed by atoms with E-state index in [1.807, 2.05) is 66.7 Å². The predicted molar refractivity (Wildman–Crippen MR) is 149 cm³/mol. The fraction of sp³-hybridized carbons (Fsp3) is 0.655. The van der Waals surface area contributed by atoms with Crippen LogP contribution in [-0.4, -0.2) is 51.9 Å². The van der Waals surface area contributed by atoms with Gasteiger partial charge in [0.15, 0.2) is 0 Å². The molecule has 4 N–H and O–H groups in total. The molecular weight excluding hydrogens is 484 g/mol. The minimum atomic E-state index is -1.32. The Bertz CT molecular complexity index is 999. The number of nitrogens with one attached hydrogen (secondary N) is 2. The van der Waals surface area contributed by atoms with Crippen molar-refractivity contribution in [1.29, 1.82) is 0 Å². The highest BCUT2D eigenvalue weighted by atomic mass is 16.6. The van der Waals surface area contributed by atoms with E-state index < -0.39 is 47.6 Å². The van der Waals surface area contributed by atoms with Gasteiger partial charge in [0, 0.05) is 11.6 Å². The maximum absolute atomic E-state index is 14.3. The summed E-state index contributed by atoms with van der Waals surface area (Å²) >= 11 is 0. The molecule has 0 aliphatic carbocycles. The lowest BCUT2D eigenvalue weighted by Gasteiger charge is -2.45. The molecule has 214 valence electrons. The molecule has 0 aliphatic rings. The number of hydrogen-bond donors (Lipinski definition) is 3. The summed E-state index contributed by atoms with van der Waals surface area (Å²) in [7, 11) is 0. The normalized spacial score (nSPS) is 14.2. The molecule has 1 rings (SSSR count). The van der Waals surface area contributed by atoms with Crippen molar-refractivity contribution in [3.05, 3.63) is 34.9 Å². The Kier molecular flexibility index (Phi) is 11.8. The number of nitrogens with zero attached hydrogens (tertiary/aromatic N) is 1. The van der Waals surface area contributed by atoms with Crippen LogP contribution in [0.2, 0.25) is 0 Å². The molecular formula is C29H48N4O5. The molecule has 38 heavy (non-hydrogen) atoms. The Hall–Kier alpha value is -3.10. The Morgan fingerprint density at radius 3 is 2.11 bits per heavy atom. The van der Waals surface area contributed by atoms with Crippen molar-refractivity contribution in [2.75, 3.05) is 0 Å². The van der Waals surface area contributed by atoms with Gasteiger partial charge in [0.1, 0.15) is 17.7 Å². The second kappa shape index (κ2) is 13.6. The van der Waals surface area contributed by atoms with E-state index in [4.69, 9.17) is 10.5 Å². The SMILES string of the molecule is CCCC(C)NC(=O)C(c1ccc(C)cc1C)N(C(=O)C(CC(N)=O)NC(=O)OC(C)(C)C)C(C)(C)CC. The number of nitrogens with two attached hydrogens (primary N) is 1. The Labute approximate surface area is 228 Å². The van der Waals surface area contributed by atoms with E-state index in [2.05, 4.69) is 10.6 Å². The Balaban J connectivity index is 3.73. The molecule has 4 amide bonds. The van der Waals surface area contributed by atoms with Crippen LogP contribution in [0.1, 0.15) is 104 Å². The molecule has 0 aliphatic heterocycles. The van der Waals surface area contributed by atoms with Crippen LogP contribution in [0.4, 0.5) is 4.79 Å². The second-order valence-corrected chi connectivity index (χ2v) is 11.7. The fourth-order valence-electron chi connectivity index (χ4n) is 4.32. The number of benzene rings is 1. The molecule has 3 unspecified atom stereocenters. The summed E-state index contributed by atoms with van der Waals surface area (Å²) in [5.41, 5.74) is 6.39. The smallest absolute Gasteiger partial charge is 0.408 e. The van der Waals surface area contributed by atoms with E-state index in [1.54, 1.807) is 20.8 Å². The molecule has 9 heteroatoms. The van der Waals surface area contributed by atoms with Crippen molar-refractivity contribution >= 4 is 23.8 Å². The molecule has 9 nitrogen and oxygen atoms in total. The van der Waals surface area contributed by atoms with Crippen LogP contribution in [0, 0.1) is 13.8 Å². The first-order chi connectivity index (χ1) is 17.4. The molecule has 0 aromatic heterocycles. The number of primary amides is 1. The number of rotatable bonds is 12. The van der Waals surface area contributed by atoms with E-state index in [9.17, 15) is 19.2 Å². The number of carbonyl (C=O) groups excluding carboxylic acids is 4. The minimum absolute atomic E-state index is 0.108. The zero-order chi connectivity index (χ0) is 29.4. The van der Waals surface area contributed by atoms with E-state index in [1.165, 1.54) is 4.90 Å². The average Bonchev–Trinajstić information content (AvgIpc) is 2.75. The van der Waals surface area contributed by atoms with Crippen LogP contribution in [0.5, 0.6) is 0 Å². The van der Waals surface area contributed by atoms with Gasteiger partial charge < -0.3 is 26.0 Å². The largest absolute Gasteiger partial charge is 0.444 e. The quantitative estimate of drug-likeness (QED) is 0.366. The van der Waals surface area contributed by atoms with E-state index in [-0.39, 0.29) is 11.9 Å². The third kappa shape index (κ3) is 9.65. The van der Waals surface area contributed by atoms with E-state index >= 15 is 0 Å². The van der Waals surface area contributed by atoms with Crippen LogP contribution in [0.3, 0.4) is 0 Å². The predicted octanol–water partition coefficient (Wildman–Crippen LogP) is 4.44. The van der Waals surface area contributed by atoms with Gasteiger partial charge in [-0.2, -0.15) is 0 Å². The number of hydrogen-bond acceptors (Lipinski definition) is 5. The first kappa shape index (κ1) is 32.9. The fourth-order valence-corrected chi connectivity index (χ4v) is 4.32. The molecule has 0 radical (unpaired) electrons. The standard InChI is InChI=1S/C29H48N4O5/c1-11-13-20(5)31-25(35)24(21-15-14-18(3)16-19(21)4)33(29(9,10)12-2)26(36)22(17-23(30)34)32-27(37)38-28(6,7)8/h14-16,20,22,24H,11-13,17H2,1-10H3,(H2,30,34)(H,31,35)(H,32,37). The van der Waals surface area contributed by atoms with Crippen molar-refractivity contribution in [2.45, 2.75) is 124 Å². The highest BCUT2D eigenvalue weighted by molar-refractivity contribution is 5.95. The number of ether oxygens (including phenoxy) is 1. The summed E-state index contributed by atoms with van der Waals surface area (Å²) in [5.74, 6) is -1.69. The lowest BCUT2D eigenvalue weighted by Crippen LogP contribution is -2.60. The van der Waals surface area contributed by atoms with Gasteiger partial charge in [-0.15, -0.1) is 0 Å². The summed E-state index contributed by atoms with van der Waals surface area (Å²) in [4.78, 5) is 54.3. The van der Waals surface area contributed by atoms with Crippen LogP contribution < -0.4 is 16.4 Å². The molecule has 1 aromatic carbocycles. The zero-order valence-corrected chi connectivity index (χ0v) is 24.9. The molecule has 0 saturated carbocycles. The minimum Gasteiger partial charge on any atom is -0.444 e. The van der Waals surface area contributed by atoms with Gasteiger partial charge in [0.2, 0.25) is 17.7 Å². The lowest BCUT2D eigenvalue weighted by atomic mass is 9.89. The molecule has 0 saturated heterocycles. The van der Waals surface area contributed by atoms with Crippen LogP contribution >= 0.6 is 0 Å². The summed E-state index contributed by atoms with van der Waals surface area (Å²) < 4.78 is 5.34. The summed E-state index contributed by atoms with van der Waals surface area (Å²) in [6, 6.07) is 3.29. The third-order valence-electron chi connectivity index (χ3n) is 6.49.